The van der Waals surface area contributed by atoms with Gasteiger partial charge < -0.3 is 21.1 Å². The van der Waals surface area contributed by atoms with Gasteiger partial charge in [-0.05, 0) is 55.7 Å². The number of benzene rings is 2. The molecule has 2 aromatic carbocycles. The van der Waals surface area contributed by atoms with Gasteiger partial charge in [-0.2, -0.15) is 0 Å². The number of primary amides is 1. The van der Waals surface area contributed by atoms with Crippen molar-refractivity contribution in [1.29, 1.82) is 0 Å². The average molecular weight is 531 g/mol. The predicted molar refractivity (Wildman–Crippen MR) is 137 cm³/mol. The molecule has 0 bridgehead atoms. The number of carbonyl (C=O) groups excluding carboxylic acids is 2. The van der Waals surface area contributed by atoms with Crippen molar-refractivity contribution in [3.05, 3.63) is 75.7 Å². The number of likely N-dealkylation sites (tertiary alicyclic amines) is 1. The number of pyridine rings is 1. The average Bonchev–Trinajstić information content (AvgIpc) is 2.87. The molecule has 0 spiro atoms. The fourth-order valence-corrected chi connectivity index (χ4v) is 4.93. The molecule has 0 unspecified atom stereocenters. The predicted octanol–water partition coefficient (Wildman–Crippen LogP) is 5.25. The van der Waals surface area contributed by atoms with Gasteiger partial charge in [0.2, 0.25) is 5.91 Å². The van der Waals surface area contributed by atoms with Gasteiger partial charge in [0.1, 0.15) is 11.9 Å². The number of aromatic nitrogens is 1. The van der Waals surface area contributed by atoms with Gasteiger partial charge in [-0.3, -0.25) is 9.59 Å². The van der Waals surface area contributed by atoms with Crippen LogP contribution in [0.5, 0.6) is 5.75 Å². The van der Waals surface area contributed by atoms with Crippen LogP contribution < -0.4 is 16.2 Å². The standard InChI is InChI=1S/C26H25Cl2FN4O3/c1-14(22-19(27)8-9-20(29)23(22)28)36-21-11-18(12-32-24(21)30)15-4-6-16(7-5-15)26(35)33-10-2-3-17(13-33)25(31)34/h4-9,11-12,14,17H,2-3,10,13H2,1H3,(H2,30,32)(H2,31,34)/t14-,17-/m0/s1. The highest BCUT2D eigenvalue weighted by Crippen LogP contribution is 2.37. The van der Waals surface area contributed by atoms with Gasteiger partial charge in [0.05, 0.1) is 10.9 Å². The maximum atomic E-state index is 14.0. The molecule has 1 aliphatic heterocycles. The first-order valence-electron chi connectivity index (χ1n) is 11.4. The summed E-state index contributed by atoms with van der Waals surface area (Å²) in [5.74, 6) is -1.02. The van der Waals surface area contributed by atoms with Gasteiger partial charge in [0, 0.05) is 41.0 Å². The lowest BCUT2D eigenvalue weighted by Crippen LogP contribution is -2.44. The smallest absolute Gasteiger partial charge is 0.253 e. The third-order valence-electron chi connectivity index (χ3n) is 6.25. The van der Waals surface area contributed by atoms with Crippen molar-refractivity contribution >= 4 is 40.8 Å². The molecule has 4 rings (SSSR count). The Morgan fingerprint density at radius 1 is 1.17 bits per heavy atom. The van der Waals surface area contributed by atoms with E-state index in [1.54, 1.807) is 48.4 Å². The number of halogens is 3. The Hall–Kier alpha value is -3.36. The van der Waals surface area contributed by atoms with E-state index in [1.165, 1.54) is 12.1 Å². The van der Waals surface area contributed by atoms with Crippen molar-refractivity contribution in [2.75, 3.05) is 18.8 Å². The second-order valence-corrected chi connectivity index (χ2v) is 9.48. The number of ether oxygens (including phenoxy) is 1. The van der Waals surface area contributed by atoms with Gasteiger partial charge in [-0.15, -0.1) is 0 Å². The van der Waals surface area contributed by atoms with Crippen LogP contribution in [0.4, 0.5) is 10.2 Å². The molecule has 3 aromatic rings. The van der Waals surface area contributed by atoms with Gasteiger partial charge in [-0.1, -0.05) is 35.3 Å². The van der Waals surface area contributed by atoms with Crippen LogP contribution in [0.1, 0.15) is 41.8 Å². The van der Waals surface area contributed by atoms with Crippen molar-refractivity contribution in [2.45, 2.75) is 25.9 Å². The topological polar surface area (TPSA) is 112 Å². The highest BCUT2D eigenvalue weighted by molar-refractivity contribution is 6.36. The van der Waals surface area contributed by atoms with Crippen molar-refractivity contribution in [1.82, 2.24) is 9.88 Å². The summed E-state index contributed by atoms with van der Waals surface area (Å²) in [6.07, 6.45) is 2.33. The summed E-state index contributed by atoms with van der Waals surface area (Å²) >= 11 is 12.3. The number of amides is 2. The largest absolute Gasteiger partial charge is 0.482 e. The summed E-state index contributed by atoms with van der Waals surface area (Å²) in [6, 6.07) is 11.3. The highest BCUT2D eigenvalue weighted by atomic mass is 35.5. The van der Waals surface area contributed by atoms with Crippen molar-refractivity contribution in [2.24, 2.45) is 11.7 Å². The molecule has 1 aliphatic rings. The molecule has 10 heteroatoms. The molecule has 4 N–H and O–H groups in total. The number of nitrogens with two attached hydrogens (primary N) is 2. The summed E-state index contributed by atoms with van der Waals surface area (Å²) in [5, 5.41) is 0.154. The molecule has 2 amide bonds. The Kier molecular flexibility index (Phi) is 7.66. The molecule has 1 fully saturated rings. The van der Waals surface area contributed by atoms with Gasteiger partial charge in [-0.25, -0.2) is 9.37 Å². The number of nitrogen functional groups attached to an aromatic ring is 1. The number of hydrogen-bond donors (Lipinski definition) is 2. The summed E-state index contributed by atoms with van der Waals surface area (Å²) in [7, 11) is 0. The zero-order valence-electron chi connectivity index (χ0n) is 19.5. The van der Waals surface area contributed by atoms with E-state index in [0.717, 1.165) is 12.0 Å². The number of carbonyl (C=O) groups is 2. The summed E-state index contributed by atoms with van der Waals surface area (Å²) in [5.41, 5.74) is 13.7. The Morgan fingerprint density at radius 3 is 2.58 bits per heavy atom. The first kappa shape index (κ1) is 25.7. The lowest BCUT2D eigenvalue weighted by Gasteiger charge is -2.31. The molecule has 0 aliphatic carbocycles. The van der Waals surface area contributed by atoms with Crippen LogP contribution in [-0.2, 0) is 4.79 Å². The monoisotopic (exact) mass is 530 g/mol. The van der Waals surface area contributed by atoms with E-state index in [1.807, 2.05) is 0 Å². The van der Waals surface area contributed by atoms with E-state index in [9.17, 15) is 14.0 Å². The minimum atomic E-state index is -0.700. The molecule has 1 saturated heterocycles. The molecule has 0 radical (unpaired) electrons. The molecular weight excluding hydrogens is 506 g/mol. The first-order chi connectivity index (χ1) is 17.2. The van der Waals surface area contributed by atoms with Gasteiger partial charge in [0.15, 0.2) is 11.6 Å². The number of anilines is 1. The summed E-state index contributed by atoms with van der Waals surface area (Å²) < 4.78 is 19.9. The molecule has 0 saturated carbocycles. The van der Waals surface area contributed by atoms with E-state index in [0.29, 0.717) is 36.2 Å². The van der Waals surface area contributed by atoms with Crippen molar-refractivity contribution in [3.63, 3.8) is 0 Å². The number of rotatable bonds is 6. The maximum absolute atomic E-state index is 14.0. The Bertz CT molecular complexity index is 1300. The number of piperidine rings is 1. The second-order valence-electron chi connectivity index (χ2n) is 8.69. The van der Waals surface area contributed by atoms with E-state index >= 15 is 0 Å². The molecular formula is C26H25Cl2FN4O3. The number of hydrogen-bond acceptors (Lipinski definition) is 5. The Balaban J connectivity index is 1.52. The summed E-state index contributed by atoms with van der Waals surface area (Å²) in [4.78, 5) is 30.3. The van der Waals surface area contributed by atoms with Crippen molar-refractivity contribution in [3.8, 4) is 16.9 Å². The lowest BCUT2D eigenvalue weighted by molar-refractivity contribution is -0.123. The maximum Gasteiger partial charge on any atom is 0.253 e. The highest BCUT2D eigenvalue weighted by Gasteiger charge is 2.27. The number of nitrogens with zero attached hydrogens (tertiary/aromatic N) is 2. The van der Waals surface area contributed by atoms with Crippen LogP contribution in [-0.4, -0.2) is 34.8 Å². The normalized spacial score (nSPS) is 16.4. The second kappa shape index (κ2) is 10.7. The van der Waals surface area contributed by atoms with Crippen LogP contribution in [0.25, 0.3) is 11.1 Å². The molecule has 1 aromatic heterocycles. The van der Waals surface area contributed by atoms with Crippen LogP contribution in [0, 0.1) is 11.7 Å². The first-order valence-corrected chi connectivity index (χ1v) is 12.2. The van der Waals surface area contributed by atoms with E-state index < -0.39 is 11.9 Å². The molecule has 36 heavy (non-hydrogen) atoms. The zero-order valence-corrected chi connectivity index (χ0v) is 21.0. The quantitative estimate of drug-likeness (QED) is 0.422. The molecule has 188 valence electrons. The fourth-order valence-electron chi connectivity index (χ4n) is 4.25. The summed E-state index contributed by atoms with van der Waals surface area (Å²) in [6.45, 7) is 2.60. The minimum Gasteiger partial charge on any atom is -0.482 e. The van der Waals surface area contributed by atoms with E-state index in [4.69, 9.17) is 39.4 Å². The van der Waals surface area contributed by atoms with Crippen LogP contribution in [0.15, 0.2) is 48.7 Å². The third kappa shape index (κ3) is 5.39. The third-order valence-corrected chi connectivity index (χ3v) is 6.96. The van der Waals surface area contributed by atoms with Crippen LogP contribution >= 0.6 is 23.2 Å². The zero-order chi connectivity index (χ0) is 26.0. The Labute approximate surface area is 218 Å². The molecule has 2 atom stereocenters. The van der Waals surface area contributed by atoms with Gasteiger partial charge >= 0.3 is 0 Å². The SMILES string of the molecule is C[C@H](Oc1cc(-c2ccc(C(=O)N3CCC[C@H](C(N)=O)C3)cc2)cnc1N)c1c(Cl)ccc(F)c1Cl. The molecule has 7 nitrogen and oxygen atoms in total. The lowest BCUT2D eigenvalue weighted by atomic mass is 9.96. The fraction of sp³-hybridized carbons (Fsp3) is 0.269. The van der Waals surface area contributed by atoms with Crippen LogP contribution in [0.3, 0.4) is 0 Å². The minimum absolute atomic E-state index is 0.117. The van der Waals surface area contributed by atoms with Crippen LogP contribution in [0.2, 0.25) is 10.0 Å². The van der Waals surface area contributed by atoms with E-state index in [-0.39, 0.29) is 39.3 Å². The van der Waals surface area contributed by atoms with Gasteiger partial charge in [0.25, 0.3) is 5.91 Å². The molecule has 2 heterocycles. The van der Waals surface area contributed by atoms with E-state index in [2.05, 4.69) is 4.98 Å². The Morgan fingerprint density at radius 2 is 1.89 bits per heavy atom. The van der Waals surface area contributed by atoms with Crippen molar-refractivity contribution < 1.29 is 18.7 Å².